The topological polar surface area (TPSA) is 78.9 Å². The summed E-state index contributed by atoms with van der Waals surface area (Å²) in [6.07, 6.45) is 3.07. The summed E-state index contributed by atoms with van der Waals surface area (Å²) in [6, 6.07) is 9.08. The van der Waals surface area contributed by atoms with Crippen molar-refractivity contribution in [2.24, 2.45) is 0 Å². The summed E-state index contributed by atoms with van der Waals surface area (Å²) in [5.41, 5.74) is 2.18. The van der Waals surface area contributed by atoms with Crippen LogP contribution in [0.1, 0.15) is 28.5 Å². The molecule has 0 unspecified atom stereocenters. The van der Waals surface area contributed by atoms with Crippen molar-refractivity contribution in [2.75, 3.05) is 0 Å². The Morgan fingerprint density at radius 3 is 2.95 bits per heavy atom. The molecule has 0 saturated heterocycles. The zero-order valence-electron chi connectivity index (χ0n) is 11.9. The zero-order valence-corrected chi connectivity index (χ0v) is 11.9. The van der Waals surface area contributed by atoms with E-state index >= 15 is 0 Å². The molecular formula is C16H15N3O2. The van der Waals surface area contributed by atoms with Crippen LogP contribution in [-0.4, -0.2) is 10.9 Å². The minimum atomic E-state index is -0.245. The number of carbonyl (C=O) groups excluding carboxylic acids is 1. The van der Waals surface area contributed by atoms with Crippen molar-refractivity contribution in [3.63, 3.8) is 0 Å². The van der Waals surface area contributed by atoms with Gasteiger partial charge in [0, 0.05) is 6.08 Å². The van der Waals surface area contributed by atoms with Crippen molar-refractivity contribution in [1.82, 2.24) is 10.3 Å². The Morgan fingerprint density at radius 1 is 1.48 bits per heavy atom. The molecule has 1 heterocycles. The smallest absolute Gasteiger partial charge is 0.244 e. The highest BCUT2D eigenvalue weighted by atomic mass is 16.4. The Balaban J connectivity index is 1.92. The molecule has 2 aromatic rings. The summed E-state index contributed by atoms with van der Waals surface area (Å²) in [7, 11) is 0. The van der Waals surface area contributed by atoms with Gasteiger partial charge in [-0.2, -0.15) is 5.26 Å². The molecule has 21 heavy (non-hydrogen) atoms. The summed E-state index contributed by atoms with van der Waals surface area (Å²) >= 11 is 0. The number of carbonyl (C=O) groups is 1. The van der Waals surface area contributed by atoms with Crippen molar-refractivity contribution in [3.8, 4) is 6.07 Å². The van der Waals surface area contributed by atoms with Gasteiger partial charge in [-0.3, -0.25) is 4.79 Å². The molecule has 0 aliphatic carbocycles. The molecule has 0 aliphatic heterocycles. The van der Waals surface area contributed by atoms with E-state index < -0.39 is 0 Å². The number of nitriles is 1. The summed E-state index contributed by atoms with van der Waals surface area (Å²) in [5.74, 6) is 0.993. The number of aromatic nitrogens is 1. The van der Waals surface area contributed by atoms with Crippen LogP contribution in [0.25, 0.3) is 6.08 Å². The first-order valence-corrected chi connectivity index (χ1v) is 6.47. The Kier molecular flexibility index (Phi) is 4.52. The van der Waals surface area contributed by atoms with Gasteiger partial charge < -0.3 is 9.73 Å². The van der Waals surface area contributed by atoms with Gasteiger partial charge in [-0.1, -0.05) is 12.1 Å². The molecule has 106 valence electrons. The lowest BCUT2D eigenvalue weighted by Gasteiger charge is -1.98. The van der Waals surface area contributed by atoms with Gasteiger partial charge in [0.15, 0.2) is 0 Å². The lowest BCUT2D eigenvalue weighted by Crippen LogP contribution is -2.20. The quantitative estimate of drug-likeness (QED) is 0.873. The SMILES string of the molecule is Cc1nc(CNC(=O)/C=C/c2cccc(C#N)c2)oc1C. The van der Waals surface area contributed by atoms with Crippen molar-refractivity contribution < 1.29 is 9.21 Å². The van der Waals surface area contributed by atoms with E-state index in [2.05, 4.69) is 16.4 Å². The maximum atomic E-state index is 11.7. The number of hydrogen-bond donors (Lipinski definition) is 1. The van der Waals surface area contributed by atoms with Crippen LogP contribution in [0.15, 0.2) is 34.8 Å². The maximum Gasteiger partial charge on any atom is 0.244 e. The number of oxazole rings is 1. The number of benzene rings is 1. The van der Waals surface area contributed by atoms with Gasteiger partial charge >= 0.3 is 0 Å². The molecule has 5 heteroatoms. The number of hydrogen-bond acceptors (Lipinski definition) is 4. The van der Waals surface area contributed by atoms with Crippen LogP contribution in [0.3, 0.4) is 0 Å². The minimum absolute atomic E-state index is 0.245. The lowest BCUT2D eigenvalue weighted by atomic mass is 10.1. The Bertz CT molecular complexity index is 704. The first-order chi connectivity index (χ1) is 10.1. The second-order valence-electron chi connectivity index (χ2n) is 4.54. The molecule has 0 fully saturated rings. The molecule has 0 radical (unpaired) electrons. The average molecular weight is 281 g/mol. The van der Waals surface area contributed by atoms with Gasteiger partial charge in [0.1, 0.15) is 5.76 Å². The summed E-state index contributed by atoms with van der Waals surface area (Å²) in [4.78, 5) is 15.9. The summed E-state index contributed by atoms with van der Waals surface area (Å²) < 4.78 is 5.37. The van der Waals surface area contributed by atoms with E-state index in [-0.39, 0.29) is 12.5 Å². The molecular weight excluding hydrogens is 266 g/mol. The van der Waals surface area contributed by atoms with Crippen LogP contribution in [0.4, 0.5) is 0 Å². The standard InChI is InChI=1S/C16H15N3O2/c1-11-12(2)21-16(19-11)10-18-15(20)7-6-13-4-3-5-14(8-13)9-17/h3-8H,10H2,1-2H3,(H,18,20)/b7-6+. The number of nitrogens with zero attached hydrogens (tertiary/aromatic N) is 2. The molecule has 1 aromatic carbocycles. The normalized spacial score (nSPS) is 10.5. The first-order valence-electron chi connectivity index (χ1n) is 6.47. The van der Waals surface area contributed by atoms with Crippen LogP contribution in [-0.2, 0) is 11.3 Å². The third-order valence-corrected chi connectivity index (χ3v) is 2.93. The van der Waals surface area contributed by atoms with Crippen molar-refractivity contribution in [2.45, 2.75) is 20.4 Å². The third kappa shape index (κ3) is 4.05. The van der Waals surface area contributed by atoms with Crippen LogP contribution in [0.5, 0.6) is 0 Å². The van der Waals surface area contributed by atoms with E-state index in [4.69, 9.17) is 9.68 Å². The zero-order chi connectivity index (χ0) is 15.2. The molecule has 0 saturated carbocycles. The average Bonchev–Trinajstić information content (AvgIpc) is 2.82. The first kappa shape index (κ1) is 14.5. The van der Waals surface area contributed by atoms with Gasteiger partial charge in [0.25, 0.3) is 0 Å². The molecule has 2 rings (SSSR count). The number of aryl methyl sites for hydroxylation is 2. The van der Waals surface area contributed by atoms with Crippen LogP contribution >= 0.6 is 0 Å². The maximum absolute atomic E-state index is 11.7. The molecule has 1 aromatic heterocycles. The fraction of sp³-hybridized carbons (Fsp3) is 0.188. The van der Waals surface area contributed by atoms with Crippen molar-refractivity contribution in [3.05, 3.63) is 58.8 Å². The summed E-state index contributed by atoms with van der Waals surface area (Å²) in [5, 5.41) is 11.5. The van der Waals surface area contributed by atoms with E-state index in [0.29, 0.717) is 11.5 Å². The second kappa shape index (κ2) is 6.53. The van der Waals surface area contributed by atoms with Gasteiger partial charge in [0.2, 0.25) is 11.8 Å². The van der Waals surface area contributed by atoms with E-state index in [0.717, 1.165) is 17.0 Å². The predicted octanol–water partition coefficient (Wildman–Crippen LogP) is 2.49. The number of amides is 1. The number of nitrogens with one attached hydrogen (secondary N) is 1. The molecule has 1 N–H and O–H groups in total. The lowest BCUT2D eigenvalue weighted by molar-refractivity contribution is -0.116. The molecule has 0 spiro atoms. The van der Waals surface area contributed by atoms with Crippen LogP contribution in [0.2, 0.25) is 0 Å². The predicted molar refractivity (Wildman–Crippen MR) is 78.0 cm³/mol. The molecule has 0 aliphatic rings. The van der Waals surface area contributed by atoms with E-state index in [1.54, 1.807) is 24.3 Å². The molecule has 0 atom stereocenters. The minimum Gasteiger partial charge on any atom is -0.444 e. The fourth-order valence-corrected chi connectivity index (χ4v) is 1.72. The highest BCUT2D eigenvalue weighted by molar-refractivity contribution is 5.91. The third-order valence-electron chi connectivity index (χ3n) is 2.93. The highest BCUT2D eigenvalue weighted by Crippen LogP contribution is 2.08. The summed E-state index contributed by atoms with van der Waals surface area (Å²) in [6.45, 7) is 3.93. The van der Waals surface area contributed by atoms with Gasteiger partial charge in [-0.05, 0) is 37.6 Å². The monoisotopic (exact) mass is 281 g/mol. The van der Waals surface area contributed by atoms with Crippen LogP contribution in [0, 0.1) is 25.2 Å². The molecule has 1 amide bonds. The van der Waals surface area contributed by atoms with Crippen LogP contribution < -0.4 is 5.32 Å². The Labute approximate surface area is 122 Å². The largest absolute Gasteiger partial charge is 0.444 e. The van der Waals surface area contributed by atoms with E-state index in [9.17, 15) is 4.79 Å². The van der Waals surface area contributed by atoms with E-state index in [1.807, 2.05) is 19.9 Å². The Morgan fingerprint density at radius 2 is 2.29 bits per heavy atom. The van der Waals surface area contributed by atoms with Gasteiger partial charge in [-0.25, -0.2) is 4.98 Å². The van der Waals surface area contributed by atoms with Crippen molar-refractivity contribution in [1.29, 1.82) is 5.26 Å². The fourth-order valence-electron chi connectivity index (χ4n) is 1.72. The Hall–Kier alpha value is -2.87. The number of rotatable bonds is 4. The molecule has 5 nitrogen and oxygen atoms in total. The van der Waals surface area contributed by atoms with Crippen molar-refractivity contribution >= 4 is 12.0 Å². The van der Waals surface area contributed by atoms with Gasteiger partial charge in [0.05, 0.1) is 23.9 Å². The van der Waals surface area contributed by atoms with E-state index in [1.165, 1.54) is 6.08 Å². The van der Waals surface area contributed by atoms with Gasteiger partial charge in [-0.15, -0.1) is 0 Å². The second-order valence-corrected chi connectivity index (χ2v) is 4.54. The highest BCUT2D eigenvalue weighted by Gasteiger charge is 2.05. The molecule has 0 bridgehead atoms.